The van der Waals surface area contributed by atoms with Gasteiger partial charge in [-0.05, 0) is 19.1 Å². The zero-order chi connectivity index (χ0) is 17.3. The number of para-hydroxylation sites is 2. The number of ether oxygens (including phenoxy) is 1. The molecule has 6 nitrogen and oxygen atoms in total. The average molecular weight is 348 g/mol. The first-order valence-corrected chi connectivity index (χ1v) is 7.87. The molecule has 0 bridgehead atoms. The minimum absolute atomic E-state index is 0.00119. The maximum Gasteiger partial charge on any atom is 0.503 e. The van der Waals surface area contributed by atoms with Gasteiger partial charge in [-0.15, -0.1) is 0 Å². The van der Waals surface area contributed by atoms with Crippen molar-refractivity contribution in [3.63, 3.8) is 0 Å². The van der Waals surface area contributed by atoms with Crippen molar-refractivity contribution in [3.05, 3.63) is 30.0 Å². The van der Waals surface area contributed by atoms with E-state index < -0.39 is 38.5 Å². The first-order valence-electron chi connectivity index (χ1n) is 6.39. The summed E-state index contributed by atoms with van der Waals surface area (Å²) < 4.78 is 66.4. The fraction of sp³-hybridized carbons (Fsp3) is 0.308. The molecular formula is C13H11F3N2O4S. The van der Waals surface area contributed by atoms with Crippen molar-refractivity contribution in [1.82, 2.24) is 9.97 Å². The number of alkyl halides is 3. The Morgan fingerprint density at radius 2 is 1.74 bits per heavy atom. The standard InChI is InChI=1S/C13H11F3N2O4S/c1-2-22-11(19)7-10-12(23(20,21)13(14,15)16)18-9-6-4-3-5-8(9)17-10/h3-6H,2,7H2,1H3. The molecule has 0 aliphatic carbocycles. The van der Waals surface area contributed by atoms with Gasteiger partial charge >= 0.3 is 11.5 Å². The zero-order valence-electron chi connectivity index (χ0n) is 11.8. The summed E-state index contributed by atoms with van der Waals surface area (Å²) in [5.74, 6) is -0.893. The van der Waals surface area contributed by atoms with Crippen molar-refractivity contribution < 1.29 is 31.1 Å². The first kappa shape index (κ1) is 17.1. The number of fused-ring (bicyclic) bond motifs is 1. The molecule has 0 unspecified atom stereocenters. The molecule has 0 amide bonds. The number of hydrogen-bond donors (Lipinski definition) is 0. The largest absolute Gasteiger partial charge is 0.503 e. The number of carbonyl (C=O) groups is 1. The van der Waals surface area contributed by atoms with Gasteiger partial charge in [0.2, 0.25) is 0 Å². The van der Waals surface area contributed by atoms with Crippen molar-refractivity contribution >= 4 is 26.8 Å². The van der Waals surface area contributed by atoms with E-state index in [9.17, 15) is 26.4 Å². The van der Waals surface area contributed by atoms with Gasteiger partial charge in [0, 0.05) is 0 Å². The summed E-state index contributed by atoms with van der Waals surface area (Å²) >= 11 is 0. The smallest absolute Gasteiger partial charge is 0.466 e. The lowest BCUT2D eigenvalue weighted by Crippen LogP contribution is -2.27. The summed E-state index contributed by atoms with van der Waals surface area (Å²) in [7, 11) is -5.74. The van der Waals surface area contributed by atoms with Gasteiger partial charge in [0.1, 0.15) is 0 Å². The molecule has 2 rings (SSSR count). The van der Waals surface area contributed by atoms with Gasteiger partial charge in [-0.1, -0.05) is 12.1 Å². The van der Waals surface area contributed by atoms with Gasteiger partial charge in [-0.2, -0.15) is 13.2 Å². The Hall–Kier alpha value is -2.23. The summed E-state index contributed by atoms with van der Waals surface area (Å²) in [6, 6.07) is 5.81. The van der Waals surface area contributed by atoms with Gasteiger partial charge in [0.25, 0.3) is 9.84 Å². The summed E-state index contributed by atoms with van der Waals surface area (Å²) in [6.45, 7) is 1.51. The van der Waals surface area contributed by atoms with Crippen LogP contribution < -0.4 is 0 Å². The van der Waals surface area contributed by atoms with E-state index in [0.29, 0.717) is 0 Å². The van der Waals surface area contributed by atoms with Crippen molar-refractivity contribution in [1.29, 1.82) is 0 Å². The SMILES string of the molecule is CCOC(=O)Cc1nc2ccccc2nc1S(=O)(=O)C(F)(F)F. The van der Waals surface area contributed by atoms with Crippen LogP contribution in [-0.2, 0) is 25.8 Å². The molecule has 0 fully saturated rings. The van der Waals surface area contributed by atoms with Crippen LogP contribution in [0.4, 0.5) is 13.2 Å². The highest BCUT2D eigenvalue weighted by Crippen LogP contribution is 2.31. The fourth-order valence-electron chi connectivity index (χ4n) is 1.81. The monoisotopic (exact) mass is 348 g/mol. The van der Waals surface area contributed by atoms with Gasteiger partial charge in [0.15, 0.2) is 5.03 Å². The van der Waals surface area contributed by atoms with E-state index >= 15 is 0 Å². The van der Waals surface area contributed by atoms with Crippen LogP contribution in [0.25, 0.3) is 11.0 Å². The van der Waals surface area contributed by atoms with Crippen molar-refractivity contribution in [3.8, 4) is 0 Å². The lowest BCUT2D eigenvalue weighted by Gasteiger charge is -2.12. The van der Waals surface area contributed by atoms with E-state index in [-0.39, 0.29) is 17.6 Å². The molecule has 2 aromatic rings. The van der Waals surface area contributed by atoms with Gasteiger partial charge in [0.05, 0.1) is 29.8 Å². The molecular weight excluding hydrogens is 337 g/mol. The second-order valence-electron chi connectivity index (χ2n) is 4.40. The molecule has 10 heteroatoms. The normalized spacial score (nSPS) is 12.3. The molecule has 0 saturated heterocycles. The third-order valence-corrected chi connectivity index (χ3v) is 4.23. The zero-order valence-corrected chi connectivity index (χ0v) is 12.6. The van der Waals surface area contributed by atoms with Crippen LogP contribution in [0, 0.1) is 0 Å². The van der Waals surface area contributed by atoms with Crippen LogP contribution in [0.5, 0.6) is 0 Å². The van der Waals surface area contributed by atoms with Crippen molar-refractivity contribution in [2.75, 3.05) is 6.61 Å². The quantitative estimate of drug-likeness (QED) is 0.786. The number of rotatable bonds is 4. The highest BCUT2D eigenvalue weighted by Gasteiger charge is 2.49. The Labute approximate surface area is 129 Å². The Morgan fingerprint density at radius 1 is 1.17 bits per heavy atom. The van der Waals surface area contributed by atoms with Gasteiger partial charge in [-0.3, -0.25) is 4.79 Å². The Kier molecular flexibility index (Phi) is 4.55. The number of hydrogen-bond acceptors (Lipinski definition) is 6. The van der Waals surface area contributed by atoms with Gasteiger partial charge < -0.3 is 4.74 Å². The number of carbonyl (C=O) groups excluding carboxylic acids is 1. The molecule has 0 N–H and O–H groups in total. The molecule has 23 heavy (non-hydrogen) atoms. The minimum atomic E-state index is -5.74. The lowest BCUT2D eigenvalue weighted by molar-refractivity contribution is -0.142. The van der Waals surface area contributed by atoms with Crippen molar-refractivity contribution in [2.45, 2.75) is 23.9 Å². The predicted molar refractivity (Wildman–Crippen MR) is 73.1 cm³/mol. The van der Waals surface area contributed by atoms with Gasteiger partial charge in [-0.25, -0.2) is 18.4 Å². The number of aromatic nitrogens is 2. The third-order valence-electron chi connectivity index (χ3n) is 2.78. The molecule has 0 radical (unpaired) electrons. The van der Waals surface area contributed by atoms with Crippen LogP contribution in [0.3, 0.4) is 0 Å². The van der Waals surface area contributed by atoms with Crippen LogP contribution in [0.1, 0.15) is 12.6 Å². The Morgan fingerprint density at radius 3 is 2.26 bits per heavy atom. The topological polar surface area (TPSA) is 86.2 Å². The number of sulfone groups is 1. The summed E-state index contributed by atoms with van der Waals surface area (Å²) in [6.07, 6.45) is -0.726. The van der Waals surface area contributed by atoms with Crippen LogP contribution in [0.2, 0.25) is 0 Å². The van der Waals surface area contributed by atoms with Crippen LogP contribution in [0.15, 0.2) is 29.3 Å². The number of halogens is 3. The Balaban J connectivity index is 2.67. The van der Waals surface area contributed by atoms with Crippen LogP contribution >= 0.6 is 0 Å². The molecule has 0 atom stereocenters. The van der Waals surface area contributed by atoms with E-state index in [4.69, 9.17) is 0 Å². The minimum Gasteiger partial charge on any atom is -0.466 e. The number of nitrogens with zero attached hydrogens (tertiary/aromatic N) is 2. The molecule has 0 aliphatic rings. The second-order valence-corrected chi connectivity index (χ2v) is 6.25. The van der Waals surface area contributed by atoms with E-state index in [0.717, 1.165) is 0 Å². The summed E-state index contributed by atoms with van der Waals surface area (Å²) in [4.78, 5) is 18.9. The molecule has 0 aliphatic heterocycles. The highest BCUT2D eigenvalue weighted by atomic mass is 32.2. The molecule has 1 aromatic heterocycles. The fourth-order valence-corrected chi connectivity index (χ4v) is 2.67. The number of benzene rings is 1. The maximum absolute atomic E-state index is 12.8. The lowest BCUT2D eigenvalue weighted by atomic mass is 10.2. The van der Waals surface area contributed by atoms with E-state index in [1.54, 1.807) is 6.07 Å². The van der Waals surface area contributed by atoms with E-state index in [1.165, 1.54) is 25.1 Å². The maximum atomic E-state index is 12.8. The van der Waals surface area contributed by atoms with E-state index in [1.807, 2.05) is 0 Å². The summed E-state index contributed by atoms with van der Waals surface area (Å²) in [5, 5.41) is -1.28. The molecule has 0 saturated carbocycles. The molecule has 1 heterocycles. The van der Waals surface area contributed by atoms with Crippen molar-refractivity contribution in [2.24, 2.45) is 0 Å². The number of esters is 1. The highest BCUT2D eigenvalue weighted by molar-refractivity contribution is 7.92. The summed E-state index contributed by atoms with van der Waals surface area (Å²) in [5.41, 5.74) is -6.00. The average Bonchev–Trinajstić information content (AvgIpc) is 2.45. The Bertz CT molecular complexity index is 850. The molecule has 1 aromatic carbocycles. The predicted octanol–water partition coefficient (Wildman–Crippen LogP) is 2.03. The molecule has 0 spiro atoms. The second kappa shape index (κ2) is 6.11. The van der Waals surface area contributed by atoms with Crippen LogP contribution in [-0.4, -0.2) is 36.5 Å². The molecule has 124 valence electrons. The van der Waals surface area contributed by atoms with E-state index in [2.05, 4.69) is 14.7 Å². The first-order chi connectivity index (χ1) is 10.7. The third kappa shape index (κ3) is 3.41.